The molecule has 0 aliphatic heterocycles. The highest BCUT2D eigenvalue weighted by Gasteiger charge is 2.42. The third-order valence-corrected chi connectivity index (χ3v) is 3.92. The summed E-state index contributed by atoms with van der Waals surface area (Å²) in [7, 11) is 0. The van der Waals surface area contributed by atoms with E-state index < -0.39 is 0 Å². The molecule has 1 N–H and O–H groups in total. The largest absolute Gasteiger partial charge is 0.326 e. The van der Waals surface area contributed by atoms with Crippen molar-refractivity contribution >= 4 is 24.2 Å². The first-order chi connectivity index (χ1) is 7.65. The molecule has 1 aliphatic carbocycles. The predicted molar refractivity (Wildman–Crippen MR) is 69.9 cm³/mol. The topological polar surface area (TPSA) is 29.1 Å². The Labute approximate surface area is 102 Å². The second kappa shape index (κ2) is 4.50. The van der Waals surface area contributed by atoms with E-state index in [2.05, 4.69) is 17.9 Å². The van der Waals surface area contributed by atoms with Gasteiger partial charge in [-0.05, 0) is 42.6 Å². The second-order valence-electron chi connectivity index (χ2n) is 4.70. The van der Waals surface area contributed by atoms with Gasteiger partial charge in [-0.25, -0.2) is 0 Å². The minimum Gasteiger partial charge on any atom is -0.326 e. The van der Waals surface area contributed by atoms with Crippen molar-refractivity contribution in [3.05, 3.63) is 29.8 Å². The maximum Gasteiger partial charge on any atom is 0.224 e. The standard InChI is InChI=1S/C13H17NOS/c1-10-4-2-3-5-11(10)14-12(15)8-13(9-16)6-7-13/h2-5,16H,6-9H2,1H3,(H,14,15). The van der Waals surface area contributed by atoms with Crippen LogP contribution in [0.25, 0.3) is 0 Å². The second-order valence-corrected chi connectivity index (χ2v) is 5.01. The SMILES string of the molecule is Cc1ccccc1NC(=O)CC1(CS)CC1. The normalized spacial score (nSPS) is 16.9. The molecular weight excluding hydrogens is 218 g/mol. The Bertz CT molecular complexity index is 399. The first-order valence-corrected chi connectivity index (χ1v) is 6.25. The predicted octanol–water partition coefficient (Wildman–Crippen LogP) is 3.03. The molecule has 0 atom stereocenters. The Morgan fingerprint density at radius 2 is 2.12 bits per heavy atom. The average Bonchev–Trinajstić information content (AvgIpc) is 3.02. The Morgan fingerprint density at radius 3 is 2.69 bits per heavy atom. The summed E-state index contributed by atoms with van der Waals surface area (Å²) in [6, 6.07) is 7.85. The zero-order valence-corrected chi connectivity index (χ0v) is 10.4. The summed E-state index contributed by atoms with van der Waals surface area (Å²) in [6.45, 7) is 2.00. The smallest absolute Gasteiger partial charge is 0.224 e. The van der Waals surface area contributed by atoms with Crippen molar-refractivity contribution in [2.24, 2.45) is 5.41 Å². The number of aryl methyl sites for hydroxylation is 1. The number of carbonyl (C=O) groups excluding carboxylic acids is 1. The quantitative estimate of drug-likeness (QED) is 0.772. The number of carbonyl (C=O) groups is 1. The van der Waals surface area contributed by atoms with Crippen LogP contribution < -0.4 is 5.32 Å². The van der Waals surface area contributed by atoms with Gasteiger partial charge >= 0.3 is 0 Å². The number of hydrogen-bond donors (Lipinski definition) is 2. The van der Waals surface area contributed by atoms with Gasteiger partial charge in [-0.2, -0.15) is 12.6 Å². The molecule has 1 saturated carbocycles. The van der Waals surface area contributed by atoms with E-state index in [4.69, 9.17) is 0 Å². The van der Waals surface area contributed by atoms with Gasteiger partial charge in [-0.15, -0.1) is 0 Å². The molecule has 0 unspecified atom stereocenters. The van der Waals surface area contributed by atoms with Crippen LogP contribution in [-0.2, 0) is 4.79 Å². The van der Waals surface area contributed by atoms with E-state index in [1.54, 1.807) is 0 Å². The molecule has 0 saturated heterocycles. The molecular formula is C13H17NOS. The van der Waals surface area contributed by atoms with Crippen molar-refractivity contribution in [3.63, 3.8) is 0 Å². The molecule has 1 aliphatic rings. The number of hydrogen-bond acceptors (Lipinski definition) is 2. The summed E-state index contributed by atoms with van der Waals surface area (Å²) in [5.41, 5.74) is 2.21. The van der Waals surface area contributed by atoms with Crippen LogP contribution in [-0.4, -0.2) is 11.7 Å². The van der Waals surface area contributed by atoms with E-state index in [1.165, 1.54) is 0 Å². The minimum absolute atomic E-state index is 0.112. The maximum absolute atomic E-state index is 11.8. The van der Waals surface area contributed by atoms with Crippen LogP contribution in [0, 0.1) is 12.3 Å². The van der Waals surface area contributed by atoms with Gasteiger partial charge in [0.25, 0.3) is 0 Å². The Kier molecular flexibility index (Phi) is 3.24. The summed E-state index contributed by atoms with van der Waals surface area (Å²) >= 11 is 4.30. The molecule has 0 radical (unpaired) electrons. The molecule has 0 heterocycles. The molecule has 2 nitrogen and oxygen atoms in total. The molecule has 0 aromatic heterocycles. The number of amides is 1. The molecule has 0 spiro atoms. The number of benzene rings is 1. The summed E-state index contributed by atoms with van der Waals surface area (Å²) in [5, 5.41) is 2.97. The summed E-state index contributed by atoms with van der Waals surface area (Å²) in [4.78, 5) is 11.8. The molecule has 1 amide bonds. The van der Waals surface area contributed by atoms with E-state index in [9.17, 15) is 4.79 Å². The van der Waals surface area contributed by atoms with Crippen LogP contribution in [0.4, 0.5) is 5.69 Å². The van der Waals surface area contributed by atoms with Gasteiger partial charge in [-0.1, -0.05) is 18.2 Å². The Morgan fingerprint density at radius 1 is 1.44 bits per heavy atom. The van der Waals surface area contributed by atoms with Crippen molar-refractivity contribution in [3.8, 4) is 0 Å². The van der Waals surface area contributed by atoms with Gasteiger partial charge in [0.05, 0.1) is 0 Å². The molecule has 1 fully saturated rings. The van der Waals surface area contributed by atoms with Crippen LogP contribution >= 0.6 is 12.6 Å². The zero-order valence-electron chi connectivity index (χ0n) is 9.49. The summed E-state index contributed by atoms with van der Waals surface area (Å²) in [5.74, 6) is 0.926. The van der Waals surface area contributed by atoms with Crippen molar-refractivity contribution < 1.29 is 4.79 Å². The lowest BCUT2D eigenvalue weighted by atomic mass is 10.0. The van der Waals surface area contributed by atoms with E-state index in [1.807, 2.05) is 31.2 Å². The molecule has 16 heavy (non-hydrogen) atoms. The molecule has 3 heteroatoms. The van der Waals surface area contributed by atoms with E-state index in [-0.39, 0.29) is 11.3 Å². The highest BCUT2D eigenvalue weighted by molar-refractivity contribution is 7.80. The third-order valence-electron chi connectivity index (χ3n) is 3.25. The lowest BCUT2D eigenvalue weighted by molar-refractivity contribution is -0.117. The Balaban J connectivity index is 1.95. The Hall–Kier alpha value is -0.960. The van der Waals surface area contributed by atoms with Crippen LogP contribution in [0.3, 0.4) is 0 Å². The van der Waals surface area contributed by atoms with E-state index >= 15 is 0 Å². The first-order valence-electron chi connectivity index (χ1n) is 5.62. The van der Waals surface area contributed by atoms with Gasteiger partial charge in [0.1, 0.15) is 0 Å². The van der Waals surface area contributed by atoms with Crippen molar-refractivity contribution in [1.29, 1.82) is 0 Å². The molecule has 1 aromatic rings. The lowest BCUT2D eigenvalue weighted by Gasteiger charge is -2.12. The van der Waals surface area contributed by atoms with Crippen LogP contribution in [0.2, 0.25) is 0 Å². The zero-order chi connectivity index (χ0) is 11.6. The fourth-order valence-electron chi connectivity index (χ4n) is 1.82. The van der Waals surface area contributed by atoms with Gasteiger partial charge in [0.15, 0.2) is 0 Å². The average molecular weight is 235 g/mol. The van der Waals surface area contributed by atoms with Gasteiger partial charge in [0.2, 0.25) is 5.91 Å². The van der Waals surface area contributed by atoms with Gasteiger partial charge in [0, 0.05) is 12.1 Å². The van der Waals surface area contributed by atoms with E-state index in [0.29, 0.717) is 6.42 Å². The summed E-state index contributed by atoms with van der Waals surface area (Å²) < 4.78 is 0. The van der Waals surface area contributed by atoms with Gasteiger partial charge in [-0.3, -0.25) is 4.79 Å². The van der Waals surface area contributed by atoms with Crippen LogP contribution in [0.15, 0.2) is 24.3 Å². The maximum atomic E-state index is 11.8. The van der Waals surface area contributed by atoms with Gasteiger partial charge < -0.3 is 5.32 Å². The third kappa shape index (κ3) is 2.59. The molecule has 1 aromatic carbocycles. The monoisotopic (exact) mass is 235 g/mol. The minimum atomic E-state index is 0.112. The first kappa shape index (κ1) is 11.5. The van der Waals surface area contributed by atoms with Crippen LogP contribution in [0.1, 0.15) is 24.8 Å². The van der Waals surface area contributed by atoms with Crippen molar-refractivity contribution in [1.82, 2.24) is 0 Å². The molecule has 2 rings (SSSR count). The fraction of sp³-hybridized carbons (Fsp3) is 0.462. The number of nitrogens with one attached hydrogen (secondary N) is 1. The highest BCUT2D eigenvalue weighted by Crippen LogP contribution is 2.49. The highest BCUT2D eigenvalue weighted by atomic mass is 32.1. The summed E-state index contributed by atoms with van der Waals surface area (Å²) in [6.07, 6.45) is 2.88. The van der Waals surface area contributed by atoms with Crippen molar-refractivity contribution in [2.45, 2.75) is 26.2 Å². The number of rotatable bonds is 4. The molecule has 86 valence electrons. The van der Waals surface area contributed by atoms with E-state index in [0.717, 1.165) is 29.8 Å². The number of thiol groups is 1. The lowest BCUT2D eigenvalue weighted by Crippen LogP contribution is -2.18. The van der Waals surface area contributed by atoms with Crippen LogP contribution in [0.5, 0.6) is 0 Å². The molecule has 0 bridgehead atoms. The van der Waals surface area contributed by atoms with Crippen molar-refractivity contribution in [2.75, 3.05) is 11.1 Å². The number of anilines is 1. The number of para-hydroxylation sites is 1. The fourth-order valence-corrected chi connectivity index (χ4v) is 2.24.